The van der Waals surface area contributed by atoms with Gasteiger partial charge in [0.25, 0.3) is 0 Å². The van der Waals surface area contributed by atoms with Crippen LogP contribution in [0.3, 0.4) is 0 Å². The molecule has 4 rings (SSSR count). The van der Waals surface area contributed by atoms with Gasteiger partial charge in [0.1, 0.15) is 11.4 Å². The van der Waals surface area contributed by atoms with E-state index in [0.29, 0.717) is 0 Å². The van der Waals surface area contributed by atoms with Crippen molar-refractivity contribution in [3.63, 3.8) is 0 Å². The topological polar surface area (TPSA) is 58.1 Å². The number of halogens is 1. The third kappa shape index (κ3) is 4.88. The molecule has 30 heavy (non-hydrogen) atoms. The number of guanidine groups is 1. The van der Waals surface area contributed by atoms with Crippen molar-refractivity contribution < 1.29 is 9.47 Å². The Labute approximate surface area is 198 Å². The summed E-state index contributed by atoms with van der Waals surface area (Å²) in [6, 6.07) is 8.69. The summed E-state index contributed by atoms with van der Waals surface area (Å²) in [4.78, 5) is 6.89. The fourth-order valence-corrected chi connectivity index (χ4v) is 5.21. The lowest BCUT2D eigenvalue weighted by atomic mass is 9.86. The number of aliphatic imine (C=N–C) groups is 1. The number of fused-ring (bicyclic) bond motifs is 1. The van der Waals surface area contributed by atoms with Crippen molar-refractivity contribution in [1.82, 2.24) is 15.5 Å². The predicted molar refractivity (Wildman–Crippen MR) is 132 cm³/mol. The molecule has 3 aliphatic rings. The smallest absolute Gasteiger partial charge is 0.191 e. The van der Waals surface area contributed by atoms with E-state index >= 15 is 0 Å². The van der Waals surface area contributed by atoms with Crippen LogP contribution >= 0.6 is 24.0 Å². The maximum atomic E-state index is 6.51. The molecule has 1 aliphatic carbocycles. The third-order valence-electron chi connectivity index (χ3n) is 7.20. The van der Waals surface area contributed by atoms with E-state index in [9.17, 15) is 0 Å². The highest BCUT2D eigenvalue weighted by Gasteiger charge is 2.43. The van der Waals surface area contributed by atoms with Crippen LogP contribution in [0.1, 0.15) is 56.6 Å². The van der Waals surface area contributed by atoms with Crippen molar-refractivity contribution in [3.05, 3.63) is 29.8 Å². The molecule has 0 radical (unpaired) electrons. The molecule has 0 aromatic heterocycles. The minimum atomic E-state index is -0.0174. The zero-order valence-corrected chi connectivity index (χ0v) is 20.9. The van der Waals surface area contributed by atoms with Crippen molar-refractivity contribution in [3.8, 4) is 5.75 Å². The van der Waals surface area contributed by atoms with Crippen LogP contribution in [0, 0.1) is 0 Å². The standard InChI is InChI=1S/C23H36N4O2.HI/c1-24-21(25-17-22(27(2)3)12-14-28-15-13-22)26-19-16-23(10-6-7-11-23)29-20-9-5-4-8-18(19)20;/h4-5,8-9,19H,6-7,10-17H2,1-3H3,(H2,24,25,26);1H. The molecular formula is C23H37IN4O2. The lowest BCUT2D eigenvalue weighted by Gasteiger charge is -2.44. The first-order valence-corrected chi connectivity index (χ1v) is 11.1. The van der Waals surface area contributed by atoms with Gasteiger partial charge in [-0.05, 0) is 58.7 Å². The Morgan fingerprint density at radius 2 is 1.83 bits per heavy atom. The van der Waals surface area contributed by atoms with Crippen LogP contribution in [-0.2, 0) is 4.74 Å². The molecule has 2 N–H and O–H groups in total. The molecule has 2 aliphatic heterocycles. The van der Waals surface area contributed by atoms with Gasteiger partial charge in [0, 0.05) is 44.3 Å². The number of benzene rings is 1. The Hall–Kier alpha value is -1.06. The van der Waals surface area contributed by atoms with Gasteiger partial charge in [-0.1, -0.05) is 18.2 Å². The zero-order valence-electron chi connectivity index (χ0n) is 18.6. The van der Waals surface area contributed by atoms with Gasteiger partial charge in [-0.3, -0.25) is 4.99 Å². The first-order valence-electron chi connectivity index (χ1n) is 11.1. The van der Waals surface area contributed by atoms with Crippen LogP contribution < -0.4 is 15.4 Å². The Morgan fingerprint density at radius 1 is 1.13 bits per heavy atom. The monoisotopic (exact) mass is 528 g/mol. The molecule has 1 unspecified atom stereocenters. The third-order valence-corrected chi connectivity index (χ3v) is 7.20. The molecule has 1 atom stereocenters. The highest BCUT2D eigenvalue weighted by molar-refractivity contribution is 14.0. The molecule has 1 spiro atoms. The van der Waals surface area contributed by atoms with E-state index in [1.165, 1.54) is 18.4 Å². The molecule has 168 valence electrons. The number of nitrogens with one attached hydrogen (secondary N) is 2. The number of rotatable bonds is 4. The number of ether oxygens (including phenoxy) is 2. The number of nitrogens with zero attached hydrogens (tertiary/aromatic N) is 2. The first kappa shape index (κ1) is 23.6. The molecule has 2 fully saturated rings. The van der Waals surface area contributed by atoms with Gasteiger partial charge in [0.05, 0.1) is 6.04 Å². The Bertz CT molecular complexity index is 728. The van der Waals surface area contributed by atoms with Gasteiger partial charge in [-0.15, -0.1) is 24.0 Å². The van der Waals surface area contributed by atoms with E-state index in [1.807, 2.05) is 7.05 Å². The SMILES string of the molecule is CN=C(NCC1(N(C)C)CCOCC1)NC1CC2(CCCC2)Oc2ccccc21.I. The largest absolute Gasteiger partial charge is 0.487 e. The number of para-hydroxylation sites is 1. The van der Waals surface area contributed by atoms with Gasteiger partial charge in [-0.25, -0.2) is 0 Å². The van der Waals surface area contributed by atoms with E-state index in [2.05, 4.69) is 58.9 Å². The van der Waals surface area contributed by atoms with Crippen LogP contribution in [0.5, 0.6) is 5.75 Å². The molecule has 1 saturated heterocycles. The second-order valence-corrected chi connectivity index (χ2v) is 9.09. The van der Waals surface area contributed by atoms with Gasteiger partial charge in [-0.2, -0.15) is 0 Å². The Morgan fingerprint density at radius 3 is 2.50 bits per heavy atom. The lowest BCUT2D eigenvalue weighted by molar-refractivity contribution is -0.00511. The van der Waals surface area contributed by atoms with Gasteiger partial charge in [0.15, 0.2) is 5.96 Å². The van der Waals surface area contributed by atoms with Gasteiger partial charge >= 0.3 is 0 Å². The Balaban J connectivity index is 0.00000256. The van der Waals surface area contributed by atoms with Gasteiger partial charge in [0.2, 0.25) is 0 Å². The van der Waals surface area contributed by atoms with Crippen LogP contribution in [0.15, 0.2) is 29.3 Å². The summed E-state index contributed by atoms with van der Waals surface area (Å²) < 4.78 is 12.1. The zero-order chi connectivity index (χ0) is 20.3. The Kier molecular flexibility index (Phi) is 7.90. The van der Waals surface area contributed by atoms with Crippen molar-refractivity contribution in [2.24, 2.45) is 4.99 Å². The van der Waals surface area contributed by atoms with Crippen LogP contribution in [0.2, 0.25) is 0 Å². The van der Waals surface area contributed by atoms with Crippen molar-refractivity contribution in [2.75, 3.05) is 40.9 Å². The van der Waals surface area contributed by atoms with E-state index < -0.39 is 0 Å². The molecule has 6 nitrogen and oxygen atoms in total. The number of hydrogen-bond donors (Lipinski definition) is 2. The fourth-order valence-electron chi connectivity index (χ4n) is 5.21. The summed E-state index contributed by atoms with van der Waals surface area (Å²) in [5.41, 5.74) is 1.33. The molecular weight excluding hydrogens is 491 g/mol. The maximum absolute atomic E-state index is 6.51. The summed E-state index contributed by atoms with van der Waals surface area (Å²) >= 11 is 0. The van der Waals surface area contributed by atoms with Crippen LogP contribution in [0.4, 0.5) is 0 Å². The first-order chi connectivity index (χ1) is 14.1. The molecule has 1 aromatic rings. The molecule has 0 amide bonds. The van der Waals surface area contributed by atoms with Crippen LogP contribution in [0.25, 0.3) is 0 Å². The second-order valence-electron chi connectivity index (χ2n) is 9.09. The van der Waals surface area contributed by atoms with E-state index in [4.69, 9.17) is 9.47 Å². The van der Waals surface area contributed by atoms with Crippen LogP contribution in [-0.4, -0.2) is 62.9 Å². The molecule has 0 bridgehead atoms. The molecule has 7 heteroatoms. The normalized spacial score (nSPS) is 24.7. The summed E-state index contributed by atoms with van der Waals surface area (Å²) in [5.74, 6) is 1.90. The van der Waals surface area contributed by atoms with E-state index in [0.717, 1.165) is 63.6 Å². The van der Waals surface area contributed by atoms with Gasteiger partial charge < -0.3 is 25.0 Å². The minimum absolute atomic E-state index is 0. The summed E-state index contributed by atoms with van der Waals surface area (Å²) in [5, 5.41) is 7.34. The number of likely N-dealkylation sites (N-methyl/N-ethyl adjacent to an activating group) is 1. The molecule has 1 saturated carbocycles. The molecule has 2 heterocycles. The molecule has 1 aromatic carbocycles. The second kappa shape index (κ2) is 10.0. The van der Waals surface area contributed by atoms with Crippen molar-refractivity contribution in [2.45, 2.75) is 62.1 Å². The summed E-state index contributed by atoms with van der Waals surface area (Å²) in [7, 11) is 6.20. The average molecular weight is 528 g/mol. The predicted octanol–water partition coefficient (Wildman–Crippen LogP) is 3.72. The fraction of sp³-hybridized carbons (Fsp3) is 0.696. The summed E-state index contributed by atoms with van der Waals surface area (Å²) in [6.45, 7) is 2.50. The van der Waals surface area contributed by atoms with E-state index in [1.54, 1.807) is 0 Å². The summed E-state index contributed by atoms with van der Waals surface area (Å²) in [6.07, 6.45) is 7.88. The lowest BCUT2D eigenvalue weighted by Crippen LogP contribution is -2.57. The van der Waals surface area contributed by atoms with E-state index in [-0.39, 0.29) is 41.2 Å². The average Bonchev–Trinajstić information content (AvgIpc) is 3.18. The van der Waals surface area contributed by atoms with Crippen molar-refractivity contribution >= 4 is 29.9 Å². The highest BCUT2D eigenvalue weighted by atomic mass is 127. The highest BCUT2D eigenvalue weighted by Crippen LogP contribution is 2.46. The maximum Gasteiger partial charge on any atom is 0.191 e. The van der Waals surface area contributed by atoms with Crippen molar-refractivity contribution in [1.29, 1.82) is 0 Å². The minimum Gasteiger partial charge on any atom is -0.487 e. The quantitative estimate of drug-likeness (QED) is 0.355. The number of hydrogen-bond acceptors (Lipinski definition) is 4.